The molecular weight excluding hydrogens is 496 g/mol. The number of amides is 2. The summed E-state index contributed by atoms with van der Waals surface area (Å²) in [5.74, 6) is -2.85. The number of imidazole rings is 1. The Morgan fingerprint density at radius 3 is 2.39 bits per heavy atom. The van der Waals surface area contributed by atoms with E-state index in [1.54, 1.807) is 37.7 Å². The van der Waals surface area contributed by atoms with Crippen LogP contribution in [-0.2, 0) is 14.3 Å². The Balaban J connectivity index is 1.50. The lowest BCUT2D eigenvalue weighted by Crippen LogP contribution is -2.39. The van der Waals surface area contributed by atoms with E-state index in [9.17, 15) is 18.4 Å². The smallest absolute Gasteiger partial charge is 0.408 e. The van der Waals surface area contributed by atoms with Gasteiger partial charge in [0, 0.05) is 19.3 Å². The van der Waals surface area contributed by atoms with Crippen molar-refractivity contribution in [2.24, 2.45) is 11.8 Å². The van der Waals surface area contributed by atoms with Crippen LogP contribution in [0.5, 0.6) is 0 Å². The van der Waals surface area contributed by atoms with Gasteiger partial charge in [0.25, 0.3) is 0 Å². The molecule has 2 fully saturated rings. The summed E-state index contributed by atoms with van der Waals surface area (Å²) in [6.07, 6.45) is 4.45. The molecule has 0 radical (unpaired) electrons. The monoisotopic (exact) mass is 535 g/mol. The van der Waals surface area contributed by atoms with Crippen molar-refractivity contribution in [2.45, 2.75) is 103 Å². The van der Waals surface area contributed by atoms with E-state index in [2.05, 4.69) is 15.7 Å². The maximum Gasteiger partial charge on any atom is 0.408 e. The standard InChI is InChI=1S/C27H39F2N5O4/c1-25(2,3)37-15-20(32-24(36)38-26(4,5)6)19-14-34-21(31-19)10-18(13-30-34)23(17-7-8-17)33-22(35)9-16-11-27(28,29)12-16/h10,13-14,16-17,20,23H,7-9,11-12,15H2,1-6H3,(H,32,36)(H,33,35)/t20-,23?/m0/s1. The number of rotatable bonds is 9. The number of alkyl carbamates (subject to hydrolysis) is 1. The van der Waals surface area contributed by atoms with Gasteiger partial charge in [0.05, 0.1) is 42.4 Å². The Morgan fingerprint density at radius 2 is 1.82 bits per heavy atom. The number of alkyl halides is 2. The van der Waals surface area contributed by atoms with Gasteiger partial charge in [0.2, 0.25) is 11.8 Å². The van der Waals surface area contributed by atoms with Gasteiger partial charge in [-0.2, -0.15) is 5.10 Å². The number of fused-ring (bicyclic) bond motifs is 1. The van der Waals surface area contributed by atoms with E-state index < -0.39 is 29.3 Å². The van der Waals surface area contributed by atoms with Crippen LogP contribution in [0.25, 0.3) is 5.65 Å². The molecule has 2 heterocycles. The SMILES string of the molecule is CC(C)(C)OC[C@H](NC(=O)OC(C)(C)C)c1cn2ncc(C(NC(=O)CC3CC(F)(F)C3)C3CC3)cc2n1. The fraction of sp³-hybridized carbons (Fsp3) is 0.704. The van der Waals surface area contributed by atoms with Gasteiger partial charge in [-0.15, -0.1) is 0 Å². The van der Waals surface area contributed by atoms with Gasteiger partial charge in [-0.05, 0) is 77.8 Å². The minimum atomic E-state index is -2.64. The maximum absolute atomic E-state index is 13.2. The number of nitrogens with one attached hydrogen (secondary N) is 2. The highest BCUT2D eigenvalue weighted by Gasteiger charge is 2.46. The Hall–Kier alpha value is -2.82. The summed E-state index contributed by atoms with van der Waals surface area (Å²) in [5, 5.41) is 10.4. The van der Waals surface area contributed by atoms with Gasteiger partial charge in [0.1, 0.15) is 5.60 Å². The third-order valence-electron chi connectivity index (χ3n) is 6.51. The van der Waals surface area contributed by atoms with Crippen molar-refractivity contribution in [3.63, 3.8) is 0 Å². The first-order valence-electron chi connectivity index (χ1n) is 13.2. The lowest BCUT2D eigenvalue weighted by molar-refractivity contribution is -0.134. The van der Waals surface area contributed by atoms with Crippen LogP contribution >= 0.6 is 0 Å². The first-order valence-corrected chi connectivity index (χ1v) is 13.2. The zero-order valence-corrected chi connectivity index (χ0v) is 23.0. The lowest BCUT2D eigenvalue weighted by atomic mass is 9.79. The second-order valence-corrected chi connectivity index (χ2v) is 12.6. The van der Waals surface area contributed by atoms with Crippen molar-refractivity contribution in [1.82, 2.24) is 25.2 Å². The zero-order valence-electron chi connectivity index (χ0n) is 23.0. The van der Waals surface area contributed by atoms with Crippen LogP contribution in [0.3, 0.4) is 0 Å². The van der Waals surface area contributed by atoms with E-state index in [-0.39, 0.29) is 49.7 Å². The van der Waals surface area contributed by atoms with Crippen LogP contribution in [-0.4, -0.2) is 50.3 Å². The molecule has 2 atom stereocenters. The molecule has 210 valence electrons. The quantitative estimate of drug-likeness (QED) is 0.462. The number of ether oxygens (including phenoxy) is 2. The Labute approximate surface area is 222 Å². The molecule has 2 aliphatic carbocycles. The molecule has 2 N–H and O–H groups in total. The molecule has 2 aliphatic rings. The molecule has 2 saturated carbocycles. The van der Waals surface area contributed by atoms with Crippen LogP contribution < -0.4 is 10.6 Å². The molecular formula is C27H39F2N5O4. The molecule has 0 aliphatic heterocycles. The molecule has 11 heteroatoms. The highest BCUT2D eigenvalue weighted by atomic mass is 19.3. The molecule has 38 heavy (non-hydrogen) atoms. The lowest BCUT2D eigenvalue weighted by Gasteiger charge is -2.34. The van der Waals surface area contributed by atoms with Gasteiger partial charge in [-0.1, -0.05) is 0 Å². The van der Waals surface area contributed by atoms with Gasteiger partial charge < -0.3 is 20.1 Å². The summed E-state index contributed by atoms with van der Waals surface area (Å²) in [4.78, 5) is 29.9. The van der Waals surface area contributed by atoms with Crippen molar-refractivity contribution in [1.29, 1.82) is 0 Å². The van der Waals surface area contributed by atoms with Gasteiger partial charge in [-0.3, -0.25) is 4.79 Å². The molecule has 2 aromatic heterocycles. The average Bonchev–Trinajstić information content (AvgIpc) is 3.49. The number of aromatic nitrogens is 3. The van der Waals surface area contributed by atoms with Crippen LogP contribution in [0.15, 0.2) is 18.5 Å². The molecule has 9 nitrogen and oxygen atoms in total. The number of hydrogen-bond donors (Lipinski definition) is 2. The highest BCUT2D eigenvalue weighted by Crippen LogP contribution is 2.45. The molecule has 0 aromatic carbocycles. The first kappa shape index (κ1) is 28.2. The van der Waals surface area contributed by atoms with Crippen LogP contribution in [0.4, 0.5) is 13.6 Å². The van der Waals surface area contributed by atoms with Crippen molar-refractivity contribution in [2.75, 3.05) is 6.61 Å². The summed E-state index contributed by atoms with van der Waals surface area (Å²) in [5.41, 5.74) is 0.845. The number of hydrogen-bond acceptors (Lipinski definition) is 6. The summed E-state index contributed by atoms with van der Waals surface area (Å²) in [7, 11) is 0. The topological polar surface area (TPSA) is 107 Å². The van der Waals surface area contributed by atoms with E-state index >= 15 is 0 Å². The molecule has 2 amide bonds. The van der Waals surface area contributed by atoms with E-state index in [4.69, 9.17) is 14.5 Å². The van der Waals surface area contributed by atoms with Gasteiger partial charge in [-0.25, -0.2) is 23.1 Å². The average molecular weight is 536 g/mol. The minimum absolute atomic E-state index is 0.105. The number of halogens is 2. The van der Waals surface area contributed by atoms with Gasteiger partial charge >= 0.3 is 6.09 Å². The third-order valence-corrected chi connectivity index (χ3v) is 6.51. The van der Waals surface area contributed by atoms with E-state index in [0.717, 1.165) is 18.4 Å². The normalized spacial score (nSPS) is 19.5. The second-order valence-electron chi connectivity index (χ2n) is 12.6. The van der Waals surface area contributed by atoms with Gasteiger partial charge in [0.15, 0.2) is 5.65 Å². The van der Waals surface area contributed by atoms with Crippen molar-refractivity contribution >= 4 is 17.6 Å². The minimum Gasteiger partial charge on any atom is -0.444 e. The maximum atomic E-state index is 13.2. The second kappa shape index (κ2) is 10.4. The van der Waals surface area contributed by atoms with Crippen LogP contribution in [0.1, 0.15) is 97.0 Å². The van der Waals surface area contributed by atoms with Crippen LogP contribution in [0, 0.1) is 11.8 Å². The summed E-state index contributed by atoms with van der Waals surface area (Å²) in [6, 6.07) is 1.04. The van der Waals surface area contributed by atoms with E-state index in [1.807, 2.05) is 26.8 Å². The predicted molar refractivity (Wildman–Crippen MR) is 137 cm³/mol. The number of nitrogens with zero attached hydrogens (tertiary/aromatic N) is 3. The van der Waals surface area contributed by atoms with E-state index in [1.165, 1.54) is 0 Å². The van der Waals surface area contributed by atoms with Crippen molar-refractivity contribution in [3.05, 3.63) is 29.7 Å². The summed E-state index contributed by atoms with van der Waals surface area (Å²) in [6.45, 7) is 11.3. The number of carbonyl (C=O) groups excluding carboxylic acids is 2. The fourth-order valence-corrected chi connectivity index (χ4v) is 4.56. The predicted octanol–water partition coefficient (Wildman–Crippen LogP) is 5.11. The largest absolute Gasteiger partial charge is 0.444 e. The third kappa shape index (κ3) is 7.85. The summed E-state index contributed by atoms with van der Waals surface area (Å²) >= 11 is 0. The zero-order chi connectivity index (χ0) is 27.9. The van der Waals surface area contributed by atoms with Crippen molar-refractivity contribution < 1.29 is 27.8 Å². The van der Waals surface area contributed by atoms with E-state index in [0.29, 0.717) is 11.3 Å². The molecule has 2 aromatic rings. The molecule has 0 bridgehead atoms. The molecule has 0 saturated heterocycles. The first-order chi connectivity index (χ1) is 17.6. The summed E-state index contributed by atoms with van der Waals surface area (Å²) < 4.78 is 39.3. The number of carbonyl (C=O) groups is 2. The molecule has 4 rings (SSSR count). The Bertz CT molecular complexity index is 1160. The van der Waals surface area contributed by atoms with Crippen molar-refractivity contribution in [3.8, 4) is 0 Å². The Morgan fingerprint density at radius 1 is 1.13 bits per heavy atom. The van der Waals surface area contributed by atoms with Crippen LogP contribution in [0.2, 0.25) is 0 Å². The molecule has 0 spiro atoms. The highest BCUT2D eigenvalue weighted by molar-refractivity contribution is 5.77. The fourth-order valence-electron chi connectivity index (χ4n) is 4.56. The molecule has 1 unspecified atom stereocenters. The Kier molecular flexibility index (Phi) is 7.71.